The van der Waals surface area contributed by atoms with Crippen molar-refractivity contribution in [1.82, 2.24) is 4.31 Å². The number of Topliss-reactive ketones (excluding diaryl/α,β-unsaturated/α-hetero) is 1. The molecule has 0 spiro atoms. The van der Waals surface area contributed by atoms with Crippen molar-refractivity contribution in [3.05, 3.63) is 59.7 Å². The molecule has 0 saturated carbocycles. The lowest BCUT2D eigenvalue weighted by molar-refractivity contribution is -0.116. The van der Waals surface area contributed by atoms with Gasteiger partial charge in [0.1, 0.15) is 0 Å². The van der Waals surface area contributed by atoms with Gasteiger partial charge in [-0.15, -0.1) is 0 Å². The average molecular weight is 374 g/mol. The first-order valence-corrected chi connectivity index (χ1v) is 9.56. The van der Waals surface area contributed by atoms with E-state index in [1.165, 1.54) is 26.2 Å². The Kier molecular flexibility index (Phi) is 6.28. The molecule has 0 unspecified atom stereocenters. The molecule has 138 valence electrons. The van der Waals surface area contributed by atoms with Crippen LogP contribution in [-0.2, 0) is 14.8 Å². The van der Waals surface area contributed by atoms with Gasteiger partial charge in [0, 0.05) is 38.2 Å². The largest absolute Gasteiger partial charge is 0.326 e. The summed E-state index contributed by atoms with van der Waals surface area (Å²) in [5.74, 6) is -0.450. The molecule has 0 aliphatic rings. The molecule has 2 rings (SSSR count). The summed E-state index contributed by atoms with van der Waals surface area (Å²) in [5.41, 5.74) is 2.01. The van der Waals surface area contributed by atoms with Crippen molar-refractivity contribution in [3.8, 4) is 0 Å². The Bertz CT molecular complexity index is 903. The Balaban J connectivity index is 1.98. The van der Waals surface area contributed by atoms with Crippen LogP contribution in [0.15, 0.2) is 53.4 Å². The van der Waals surface area contributed by atoms with E-state index in [4.69, 9.17) is 0 Å². The molecule has 0 aliphatic carbocycles. The van der Waals surface area contributed by atoms with Gasteiger partial charge < -0.3 is 5.32 Å². The summed E-state index contributed by atoms with van der Waals surface area (Å²) in [7, 11) is -0.689. The van der Waals surface area contributed by atoms with Crippen molar-refractivity contribution >= 4 is 27.4 Å². The molecule has 0 saturated heterocycles. The number of carbonyl (C=O) groups excluding carboxylic acids is 2. The summed E-state index contributed by atoms with van der Waals surface area (Å²) >= 11 is 0. The predicted octanol–water partition coefficient (Wildman–Crippen LogP) is 2.85. The number of aryl methyl sites for hydroxylation is 1. The van der Waals surface area contributed by atoms with Crippen LogP contribution in [0.1, 0.15) is 28.8 Å². The minimum absolute atomic E-state index is 0.0252. The highest BCUT2D eigenvalue weighted by Crippen LogP contribution is 2.18. The van der Waals surface area contributed by atoms with Crippen LogP contribution in [0.3, 0.4) is 0 Å². The molecule has 26 heavy (non-hydrogen) atoms. The van der Waals surface area contributed by atoms with Crippen LogP contribution in [0.25, 0.3) is 0 Å². The number of ketones is 1. The lowest BCUT2D eigenvalue weighted by Crippen LogP contribution is -2.22. The van der Waals surface area contributed by atoms with E-state index in [9.17, 15) is 18.0 Å². The maximum Gasteiger partial charge on any atom is 0.242 e. The monoisotopic (exact) mass is 374 g/mol. The Labute approximate surface area is 153 Å². The maximum absolute atomic E-state index is 12.1. The number of sulfonamides is 1. The Morgan fingerprint density at radius 3 is 2.27 bits per heavy atom. The number of hydrogen-bond acceptors (Lipinski definition) is 4. The number of anilines is 1. The van der Waals surface area contributed by atoms with E-state index in [0.717, 1.165) is 9.87 Å². The normalized spacial score (nSPS) is 11.4. The van der Waals surface area contributed by atoms with Crippen molar-refractivity contribution in [2.24, 2.45) is 0 Å². The summed E-state index contributed by atoms with van der Waals surface area (Å²) < 4.78 is 25.4. The molecule has 1 amide bonds. The number of nitrogens with one attached hydrogen (secondary N) is 1. The van der Waals surface area contributed by atoms with Gasteiger partial charge in [0.2, 0.25) is 15.9 Å². The summed E-state index contributed by atoms with van der Waals surface area (Å²) in [6.45, 7) is 1.94. The summed E-state index contributed by atoms with van der Waals surface area (Å²) in [6, 6.07) is 13.2. The first-order chi connectivity index (χ1) is 12.2. The standard InChI is InChI=1S/C19H22N2O4S/c1-14-7-9-15(10-8-14)18(22)11-12-19(23)20-16-5-4-6-17(13-16)26(24,25)21(2)3/h4-10,13H,11-12H2,1-3H3,(H,20,23). The Hall–Kier alpha value is -2.51. The van der Waals surface area contributed by atoms with Gasteiger partial charge in [0.05, 0.1) is 4.90 Å². The van der Waals surface area contributed by atoms with Crippen molar-refractivity contribution < 1.29 is 18.0 Å². The van der Waals surface area contributed by atoms with Gasteiger partial charge in [-0.25, -0.2) is 12.7 Å². The number of nitrogens with zero attached hydrogens (tertiary/aromatic N) is 1. The summed E-state index contributed by atoms with van der Waals surface area (Å²) in [6.07, 6.45) is 0.113. The fourth-order valence-electron chi connectivity index (χ4n) is 2.28. The zero-order valence-electron chi connectivity index (χ0n) is 15.0. The van der Waals surface area contributed by atoms with Crippen LogP contribution in [0.2, 0.25) is 0 Å². The fraction of sp³-hybridized carbons (Fsp3) is 0.263. The molecule has 7 heteroatoms. The fourth-order valence-corrected chi connectivity index (χ4v) is 3.23. The van der Waals surface area contributed by atoms with E-state index in [1.54, 1.807) is 24.3 Å². The zero-order chi connectivity index (χ0) is 19.3. The molecule has 0 fully saturated rings. The third-order valence-electron chi connectivity index (χ3n) is 3.85. The summed E-state index contributed by atoms with van der Waals surface area (Å²) in [5, 5.41) is 2.64. The van der Waals surface area contributed by atoms with Crippen molar-refractivity contribution in [3.63, 3.8) is 0 Å². The van der Waals surface area contributed by atoms with Gasteiger partial charge >= 0.3 is 0 Å². The number of benzene rings is 2. The van der Waals surface area contributed by atoms with E-state index in [2.05, 4.69) is 5.32 Å². The second kappa shape index (κ2) is 8.25. The Morgan fingerprint density at radius 1 is 1.00 bits per heavy atom. The van der Waals surface area contributed by atoms with Gasteiger partial charge in [0.15, 0.2) is 5.78 Å². The van der Waals surface area contributed by atoms with E-state index in [-0.39, 0.29) is 29.4 Å². The predicted molar refractivity (Wildman–Crippen MR) is 101 cm³/mol. The van der Waals surface area contributed by atoms with Crippen molar-refractivity contribution in [2.75, 3.05) is 19.4 Å². The van der Waals surface area contributed by atoms with Crippen molar-refractivity contribution in [2.45, 2.75) is 24.7 Å². The van der Waals surface area contributed by atoms with Gasteiger partial charge in [-0.2, -0.15) is 0 Å². The second-order valence-electron chi connectivity index (χ2n) is 6.15. The lowest BCUT2D eigenvalue weighted by Gasteiger charge is -2.12. The highest BCUT2D eigenvalue weighted by molar-refractivity contribution is 7.89. The first-order valence-electron chi connectivity index (χ1n) is 8.12. The molecule has 0 atom stereocenters. The number of carbonyl (C=O) groups is 2. The highest BCUT2D eigenvalue weighted by atomic mass is 32.2. The smallest absolute Gasteiger partial charge is 0.242 e. The topological polar surface area (TPSA) is 83.5 Å². The molecule has 6 nitrogen and oxygen atoms in total. The zero-order valence-corrected chi connectivity index (χ0v) is 15.8. The quantitative estimate of drug-likeness (QED) is 0.756. The van der Waals surface area contributed by atoms with Crippen LogP contribution in [0.5, 0.6) is 0 Å². The van der Waals surface area contributed by atoms with Crippen molar-refractivity contribution in [1.29, 1.82) is 0 Å². The van der Waals surface area contributed by atoms with E-state index in [0.29, 0.717) is 11.3 Å². The van der Waals surface area contributed by atoms with Gasteiger partial charge in [-0.3, -0.25) is 9.59 Å². The Morgan fingerprint density at radius 2 is 1.65 bits per heavy atom. The van der Waals surface area contributed by atoms with Crippen LogP contribution in [0, 0.1) is 6.92 Å². The number of hydrogen-bond donors (Lipinski definition) is 1. The molecule has 0 aliphatic heterocycles. The van der Waals surface area contributed by atoms with Crippen LogP contribution in [-0.4, -0.2) is 38.5 Å². The molecule has 0 aromatic heterocycles. The second-order valence-corrected chi connectivity index (χ2v) is 8.30. The average Bonchev–Trinajstić information content (AvgIpc) is 2.60. The number of rotatable bonds is 7. The minimum Gasteiger partial charge on any atom is -0.326 e. The molecular weight excluding hydrogens is 352 g/mol. The lowest BCUT2D eigenvalue weighted by atomic mass is 10.0. The van der Waals surface area contributed by atoms with E-state index < -0.39 is 10.0 Å². The maximum atomic E-state index is 12.1. The third-order valence-corrected chi connectivity index (χ3v) is 5.66. The molecule has 1 N–H and O–H groups in total. The molecular formula is C19H22N2O4S. The SMILES string of the molecule is Cc1ccc(C(=O)CCC(=O)Nc2cccc(S(=O)(=O)N(C)C)c2)cc1. The molecule has 0 heterocycles. The summed E-state index contributed by atoms with van der Waals surface area (Å²) in [4.78, 5) is 24.3. The van der Waals surface area contributed by atoms with E-state index >= 15 is 0 Å². The molecule has 2 aromatic rings. The van der Waals surface area contributed by atoms with Crippen LogP contribution in [0.4, 0.5) is 5.69 Å². The molecule has 0 radical (unpaired) electrons. The van der Waals surface area contributed by atoms with E-state index in [1.807, 2.05) is 19.1 Å². The number of amides is 1. The van der Waals surface area contributed by atoms with Crippen LogP contribution < -0.4 is 5.32 Å². The molecule has 0 bridgehead atoms. The van der Waals surface area contributed by atoms with Gasteiger partial charge in [-0.05, 0) is 25.1 Å². The third kappa shape index (κ3) is 5.00. The molecule has 2 aromatic carbocycles. The first kappa shape index (κ1) is 19.8. The highest BCUT2D eigenvalue weighted by Gasteiger charge is 2.17. The van der Waals surface area contributed by atoms with Crippen LogP contribution >= 0.6 is 0 Å². The minimum atomic E-state index is -3.57. The van der Waals surface area contributed by atoms with Gasteiger partial charge in [0.25, 0.3) is 0 Å². The van der Waals surface area contributed by atoms with Gasteiger partial charge in [-0.1, -0.05) is 35.9 Å².